The molecule has 184 valence electrons. The van der Waals surface area contributed by atoms with Gasteiger partial charge in [-0.2, -0.15) is 0 Å². The maximum absolute atomic E-state index is 12.5. The van der Waals surface area contributed by atoms with Crippen molar-refractivity contribution in [2.24, 2.45) is 0 Å². The lowest BCUT2D eigenvalue weighted by atomic mass is 10.0. The maximum atomic E-state index is 12.5. The summed E-state index contributed by atoms with van der Waals surface area (Å²) in [5.74, 6) is -1.20. The van der Waals surface area contributed by atoms with E-state index in [4.69, 9.17) is 0 Å². The topological polar surface area (TPSA) is 67.9 Å². The van der Waals surface area contributed by atoms with E-state index in [0.29, 0.717) is 13.1 Å². The first-order valence-electron chi connectivity index (χ1n) is 11.9. The molecule has 1 atom stereocenters. The molecule has 0 saturated carbocycles. The van der Waals surface area contributed by atoms with Crippen molar-refractivity contribution in [2.75, 3.05) is 56.6 Å². The Kier molecular flexibility index (Phi) is 8.39. The van der Waals surface area contributed by atoms with Gasteiger partial charge in [-0.05, 0) is 41.3 Å². The highest BCUT2D eigenvalue weighted by Gasteiger charge is 2.26. The van der Waals surface area contributed by atoms with Gasteiger partial charge in [0.05, 0.1) is 12.6 Å². The summed E-state index contributed by atoms with van der Waals surface area (Å²) in [6, 6.07) is 22.7. The van der Waals surface area contributed by atoms with E-state index in [1.54, 1.807) is 11.3 Å². The first kappa shape index (κ1) is 24.8. The third-order valence-electron chi connectivity index (χ3n) is 6.34. The van der Waals surface area contributed by atoms with E-state index < -0.39 is 11.8 Å². The van der Waals surface area contributed by atoms with Crippen LogP contribution in [0.1, 0.15) is 16.5 Å². The molecule has 1 fully saturated rings. The van der Waals surface area contributed by atoms with Gasteiger partial charge in [0.25, 0.3) is 0 Å². The Morgan fingerprint density at radius 1 is 0.886 bits per heavy atom. The lowest BCUT2D eigenvalue weighted by molar-refractivity contribution is -0.139. The molecule has 0 aliphatic carbocycles. The molecule has 1 aromatic heterocycles. The fourth-order valence-electron chi connectivity index (χ4n) is 4.31. The van der Waals surface area contributed by atoms with Crippen molar-refractivity contribution in [1.82, 2.24) is 15.5 Å². The summed E-state index contributed by atoms with van der Waals surface area (Å²) < 4.78 is 0. The molecule has 2 aromatic carbocycles. The van der Waals surface area contributed by atoms with Crippen LogP contribution in [0.15, 0.2) is 72.1 Å². The predicted molar refractivity (Wildman–Crippen MR) is 143 cm³/mol. The minimum atomic E-state index is -0.603. The zero-order chi connectivity index (χ0) is 24.6. The molecule has 4 rings (SSSR count). The molecule has 8 heteroatoms. The number of rotatable bonds is 8. The zero-order valence-electron chi connectivity index (χ0n) is 20.3. The molecule has 2 N–H and O–H groups in total. The number of benzene rings is 2. The molecule has 1 saturated heterocycles. The number of carbonyl (C=O) groups excluding carboxylic acids is 2. The number of anilines is 2. The number of piperazine rings is 1. The van der Waals surface area contributed by atoms with Crippen molar-refractivity contribution in [3.8, 4) is 0 Å². The van der Waals surface area contributed by atoms with Crippen molar-refractivity contribution in [3.05, 3.63) is 82.6 Å². The molecule has 0 bridgehead atoms. The van der Waals surface area contributed by atoms with Gasteiger partial charge >= 0.3 is 11.8 Å². The summed E-state index contributed by atoms with van der Waals surface area (Å²) in [7, 11) is 4.04. The Morgan fingerprint density at radius 2 is 1.57 bits per heavy atom. The van der Waals surface area contributed by atoms with Gasteiger partial charge in [0.1, 0.15) is 0 Å². The summed E-state index contributed by atoms with van der Waals surface area (Å²) in [5, 5.41) is 7.53. The third kappa shape index (κ3) is 6.61. The molecule has 2 amide bonds. The van der Waals surface area contributed by atoms with E-state index >= 15 is 0 Å². The van der Waals surface area contributed by atoms with E-state index in [-0.39, 0.29) is 6.04 Å². The second-order valence-corrected chi connectivity index (χ2v) is 9.86. The molecule has 7 nitrogen and oxygen atoms in total. The van der Waals surface area contributed by atoms with E-state index in [9.17, 15) is 9.59 Å². The Bertz CT molecular complexity index is 1080. The Hall–Kier alpha value is -3.36. The van der Waals surface area contributed by atoms with Crippen LogP contribution in [0.2, 0.25) is 0 Å². The van der Waals surface area contributed by atoms with E-state index in [1.165, 1.54) is 5.69 Å². The normalized spacial score (nSPS) is 14.9. The third-order valence-corrected chi connectivity index (χ3v) is 7.21. The van der Waals surface area contributed by atoms with Gasteiger partial charge in [0.2, 0.25) is 0 Å². The SMILES string of the molecule is CN(C)c1ccc([C@H](CNC(=O)C(=O)NCc2cccs2)N2CCN(c3ccccc3)CC2)cc1. The van der Waals surface area contributed by atoms with Crippen LogP contribution in [-0.4, -0.2) is 63.5 Å². The molecule has 0 radical (unpaired) electrons. The van der Waals surface area contributed by atoms with Crippen LogP contribution in [0.3, 0.4) is 0 Å². The average Bonchev–Trinajstić information content (AvgIpc) is 3.42. The number of carbonyl (C=O) groups is 2. The average molecular weight is 492 g/mol. The van der Waals surface area contributed by atoms with Crippen molar-refractivity contribution in [3.63, 3.8) is 0 Å². The van der Waals surface area contributed by atoms with Gasteiger partial charge in [-0.15, -0.1) is 11.3 Å². The van der Waals surface area contributed by atoms with E-state index in [2.05, 4.69) is 73.9 Å². The summed E-state index contributed by atoms with van der Waals surface area (Å²) in [4.78, 5) is 32.8. The minimum Gasteiger partial charge on any atom is -0.378 e. The number of nitrogens with one attached hydrogen (secondary N) is 2. The number of nitrogens with zero attached hydrogens (tertiary/aromatic N) is 3. The minimum absolute atomic E-state index is 0.0156. The van der Waals surface area contributed by atoms with Crippen LogP contribution in [-0.2, 0) is 16.1 Å². The van der Waals surface area contributed by atoms with Gasteiger partial charge in [-0.1, -0.05) is 36.4 Å². The lowest BCUT2D eigenvalue weighted by Gasteiger charge is -2.40. The highest BCUT2D eigenvalue weighted by atomic mass is 32.1. The first-order valence-corrected chi connectivity index (χ1v) is 12.8. The number of para-hydroxylation sites is 1. The first-order chi connectivity index (χ1) is 17.0. The quantitative estimate of drug-likeness (QED) is 0.474. The summed E-state index contributed by atoms with van der Waals surface area (Å²) in [6.07, 6.45) is 0. The molecule has 0 unspecified atom stereocenters. The maximum Gasteiger partial charge on any atom is 0.309 e. The van der Waals surface area contributed by atoms with Crippen LogP contribution in [0.5, 0.6) is 0 Å². The predicted octanol–water partition coefficient (Wildman–Crippen LogP) is 3.11. The van der Waals surface area contributed by atoms with Crippen LogP contribution in [0.4, 0.5) is 11.4 Å². The van der Waals surface area contributed by atoms with Gasteiger partial charge in [0.15, 0.2) is 0 Å². The van der Waals surface area contributed by atoms with E-state index in [0.717, 1.165) is 42.3 Å². The van der Waals surface area contributed by atoms with Crippen molar-refractivity contribution in [1.29, 1.82) is 0 Å². The van der Waals surface area contributed by atoms with Crippen LogP contribution in [0, 0.1) is 0 Å². The van der Waals surface area contributed by atoms with Gasteiger partial charge in [-0.3, -0.25) is 14.5 Å². The molecule has 35 heavy (non-hydrogen) atoms. The van der Waals surface area contributed by atoms with Crippen molar-refractivity contribution < 1.29 is 9.59 Å². The number of hydrogen-bond acceptors (Lipinski definition) is 6. The van der Waals surface area contributed by atoms with Gasteiger partial charge < -0.3 is 20.4 Å². The Labute approximate surface area is 211 Å². The fraction of sp³-hybridized carbons (Fsp3) is 0.333. The Morgan fingerprint density at radius 3 is 2.20 bits per heavy atom. The summed E-state index contributed by atoms with van der Waals surface area (Å²) in [6.45, 7) is 4.29. The number of thiophene rings is 1. The van der Waals surface area contributed by atoms with Gasteiger partial charge in [-0.25, -0.2) is 0 Å². The molecular weight excluding hydrogens is 458 g/mol. The van der Waals surface area contributed by atoms with Crippen LogP contribution < -0.4 is 20.4 Å². The highest BCUT2D eigenvalue weighted by Crippen LogP contribution is 2.25. The second kappa shape index (κ2) is 11.9. The smallest absolute Gasteiger partial charge is 0.309 e. The van der Waals surface area contributed by atoms with Gasteiger partial charge in [0, 0.05) is 63.1 Å². The molecule has 1 aliphatic heterocycles. The number of amides is 2. The molecule has 3 aromatic rings. The number of hydrogen-bond donors (Lipinski definition) is 2. The molecular formula is C27H33N5O2S. The monoisotopic (exact) mass is 491 g/mol. The largest absolute Gasteiger partial charge is 0.378 e. The van der Waals surface area contributed by atoms with Crippen molar-refractivity contribution in [2.45, 2.75) is 12.6 Å². The summed E-state index contributed by atoms with van der Waals surface area (Å²) >= 11 is 1.55. The van der Waals surface area contributed by atoms with Crippen LogP contribution in [0.25, 0.3) is 0 Å². The summed E-state index contributed by atoms with van der Waals surface area (Å²) in [5.41, 5.74) is 3.48. The van der Waals surface area contributed by atoms with Crippen molar-refractivity contribution >= 4 is 34.5 Å². The lowest BCUT2D eigenvalue weighted by Crippen LogP contribution is -2.50. The molecule has 2 heterocycles. The zero-order valence-corrected chi connectivity index (χ0v) is 21.1. The van der Waals surface area contributed by atoms with E-state index in [1.807, 2.05) is 37.7 Å². The molecule has 1 aliphatic rings. The highest BCUT2D eigenvalue weighted by molar-refractivity contribution is 7.09. The Balaban J connectivity index is 1.40. The van der Waals surface area contributed by atoms with Crippen LogP contribution >= 0.6 is 11.3 Å². The molecule has 0 spiro atoms. The second-order valence-electron chi connectivity index (χ2n) is 8.83. The fourth-order valence-corrected chi connectivity index (χ4v) is 4.96. The standard InChI is InChI=1S/C27H33N5O2S/c1-30(2)22-12-10-21(11-13-22)25(20-29-27(34)26(33)28-19-24-9-6-18-35-24)32-16-14-31(15-17-32)23-7-4-3-5-8-23/h3-13,18,25H,14-17,19-20H2,1-2H3,(H,28,33)(H,29,34)/t25-/m0/s1.